The van der Waals surface area contributed by atoms with Crippen molar-refractivity contribution >= 4 is 10.0 Å². The Hall–Kier alpha value is -1.87. The summed E-state index contributed by atoms with van der Waals surface area (Å²) >= 11 is 0. The monoisotopic (exact) mass is 345 g/mol. The Morgan fingerprint density at radius 2 is 2.00 bits per heavy atom. The number of sulfonamides is 1. The predicted molar refractivity (Wildman–Crippen MR) is 76.1 cm³/mol. The number of aryl methyl sites for hydroxylation is 1. The van der Waals surface area contributed by atoms with Crippen molar-refractivity contribution < 1.29 is 21.6 Å². The maximum Gasteiger partial charge on any atom is 0.416 e. The van der Waals surface area contributed by atoms with E-state index in [0.717, 1.165) is 6.07 Å². The summed E-state index contributed by atoms with van der Waals surface area (Å²) < 4.78 is 67.2. The fourth-order valence-electron chi connectivity index (χ4n) is 2.55. The molecule has 1 aromatic heterocycles. The van der Waals surface area contributed by atoms with Crippen molar-refractivity contribution in [3.63, 3.8) is 0 Å². The van der Waals surface area contributed by atoms with Crippen molar-refractivity contribution in [2.24, 2.45) is 7.05 Å². The standard InChI is InChI=1S/C14H14F3N3O2S/c1-20-8-9(7-18-20)23(21,22)19-13-6-11(13)10-4-2-3-5-12(10)14(15,16)17/h2-5,7-8,11,13,19H,6H2,1H3/t11-,13-/m1/s1. The van der Waals surface area contributed by atoms with Crippen LogP contribution in [0.3, 0.4) is 0 Å². The number of aromatic nitrogens is 2. The molecule has 0 spiro atoms. The van der Waals surface area contributed by atoms with Crippen molar-refractivity contribution in [2.45, 2.75) is 29.5 Å². The van der Waals surface area contributed by atoms with Crippen LogP contribution in [0.4, 0.5) is 13.2 Å². The van der Waals surface area contributed by atoms with E-state index in [4.69, 9.17) is 0 Å². The summed E-state index contributed by atoms with van der Waals surface area (Å²) in [5.74, 6) is -0.473. The van der Waals surface area contributed by atoms with Crippen LogP contribution in [-0.2, 0) is 23.2 Å². The second-order valence-corrected chi connectivity index (χ2v) is 7.22. The van der Waals surface area contributed by atoms with E-state index in [9.17, 15) is 21.6 Å². The van der Waals surface area contributed by atoms with Gasteiger partial charge in [-0.05, 0) is 18.1 Å². The zero-order valence-corrected chi connectivity index (χ0v) is 12.9. The fourth-order valence-corrected chi connectivity index (χ4v) is 3.82. The molecule has 0 amide bonds. The maximum atomic E-state index is 13.0. The molecule has 1 aliphatic carbocycles. The van der Waals surface area contributed by atoms with Crippen LogP contribution in [0.1, 0.15) is 23.5 Å². The molecule has 2 aromatic rings. The Morgan fingerprint density at radius 3 is 2.61 bits per heavy atom. The summed E-state index contributed by atoms with van der Waals surface area (Å²) in [6.45, 7) is 0. The van der Waals surface area contributed by atoms with Gasteiger partial charge in [0.15, 0.2) is 0 Å². The number of hydrogen-bond acceptors (Lipinski definition) is 3. The topological polar surface area (TPSA) is 64.0 Å². The first-order valence-corrected chi connectivity index (χ1v) is 8.34. The molecule has 1 fully saturated rings. The fraction of sp³-hybridized carbons (Fsp3) is 0.357. The summed E-state index contributed by atoms with van der Waals surface area (Å²) in [5.41, 5.74) is -0.591. The van der Waals surface area contributed by atoms with Crippen LogP contribution in [0.5, 0.6) is 0 Å². The van der Waals surface area contributed by atoms with E-state index in [-0.39, 0.29) is 10.5 Å². The van der Waals surface area contributed by atoms with E-state index in [0.29, 0.717) is 6.42 Å². The molecular weight excluding hydrogens is 331 g/mol. The molecule has 1 heterocycles. The summed E-state index contributed by atoms with van der Waals surface area (Å²) in [4.78, 5) is -0.00486. The molecule has 1 aliphatic rings. The Bertz CT molecular complexity index is 830. The normalized spacial score (nSPS) is 21.4. The SMILES string of the molecule is Cn1cc(S(=O)(=O)N[C@@H]2C[C@@H]2c2ccccc2C(F)(F)F)cn1. The lowest BCUT2D eigenvalue weighted by atomic mass is 10.0. The zero-order valence-electron chi connectivity index (χ0n) is 12.1. The number of halogens is 3. The van der Waals surface area contributed by atoms with E-state index in [1.807, 2.05) is 0 Å². The largest absolute Gasteiger partial charge is 0.416 e. The quantitative estimate of drug-likeness (QED) is 0.925. The summed E-state index contributed by atoms with van der Waals surface area (Å²) in [6.07, 6.45) is -1.58. The second-order valence-electron chi connectivity index (χ2n) is 5.50. The highest BCUT2D eigenvalue weighted by molar-refractivity contribution is 7.89. The average Bonchev–Trinajstić information content (AvgIpc) is 3.05. The average molecular weight is 345 g/mol. The first kappa shape index (κ1) is 16.0. The highest BCUT2D eigenvalue weighted by Crippen LogP contribution is 2.46. The highest BCUT2D eigenvalue weighted by atomic mass is 32.2. The van der Waals surface area contributed by atoms with Gasteiger partial charge in [0.25, 0.3) is 0 Å². The van der Waals surface area contributed by atoms with Crippen LogP contribution >= 0.6 is 0 Å². The molecule has 23 heavy (non-hydrogen) atoms. The van der Waals surface area contributed by atoms with Crippen molar-refractivity contribution in [2.75, 3.05) is 0 Å². The second kappa shape index (κ2) is 5.34. The van der Waals surface area contributed by atoms with Crippen LogP contribution < -0.4 is 4.72 Å². The van der Waals surface area contributed by atoms with Gasteiger partial charge in [-0.25, -0.2) is 13.1 Å². The molecule has 1 aromatic carbocycles. The van der Waals surface area contributed by atoms with Gasteiger partial charge < -0.3 is 0 Å². The molecule has 0 bridgehead atoms. The van der Waals surface area contributed by atoms with Gasteiger partial charge in [-0.3, -0.25) is 4.68 Å². The summed E-state index contributed by atoms with van der Waals surface area (Å²) in [6, 6.07) is 4.72. The molecule has 2 atom stereocenters. The zero-order chi connectivity index (χ0) is 16.8. The third-order valence-corrected chi connectivity index (χ3v) is 5.20. The van der Waals surface area contributed by atoms with E-state index in [2.05, 4.69) is 9.82 Å². The number of nitrogens with zero attached hydrogens (tertiary/aromatic N) is 2. The molecule has 124 valence electrons. The van der Waals surface area contributed by atoms with Gasteiger partial charge in [0.1, 0.15) is 4.90 Å². The van der Waals surface area contributed by atoms with E-state index < -0.39 is 33.7 Å². The van der Waals surface area contributed by atoms with Gasteiger partial charge in [0, 0.05) is 25.2 Å². The molecule has 0 unspecified atom stereocenters. The maximum absolute atomic E-state index is 13.0. The molecule has 9 heteroatoms. The lowest BCUT2D eigenvalue weighted by Crippen LogP contribution is -2.26. The minimum Gasteiger partial charge on any atom is -0.274 e. The number of benzene rings is 1. The Morgan fingerprint density at radius 1 is 1.30 bits per heavy atom. The lowest BCUT2D eigenvalue weighted by Gasteiger charge is -2.12. The van der Waals surface area contributed by atoms with Gasteiger partial charge in [0.05, 0.1) is 11.8 Å². The molecular formula is C14H14F3N3O2S. The van der Waals surface area contributed by atoms with Crippen molar-refractivity contribution in [3.05, 3.63) is 47.8 Å². The number of hydrogen-bond donors (Lipinski definition) is 1. The minimum absolute atomic E-state index is 0.00486. The summed E-state index contributed by atoms with van der Waals surface area (Å²) in [7, 11) is -2.20. The number of nitrogens with one attached hydrogen (secondary N) is 1. The molecule has 0 saturated heterocycles. The van der Waals surface area contributed by atoms with Gasteiger partial charge in [0.2, 0.25) is 10.0 Å². The van der Waals surface area contributed by atoms with Crippen molar-refractivity contribution in [1.29, 1.82) is 0 Å². The Kier molecular flexibility index (Phi) is 3.72. The smallest absolute Gasteiger partial charge is 0.274 e. The van der Waals surface area contributed by atoms with Crippen LogP contribution in [-0.4, -0.2) is 24.2 Å². The third kappa shape index (κ3) is 3.25. The van der Waals surface area contributed by atoms with Gasteiger partial charge >= 0.3 is 6.18 Å². The lowest BCUT2D eigenvalue weighted by molar-refractivity contribution is -0.138. The molecule has 1 N–H and O–H groups in total. The molecule has 0 radical (unpaired) electrons. The van der Waals surface area contributed by atoms with Gasteiger partial charge in [-0.1, -0.05) is 18.2 Å². The molecule has 1 saturated carbocycles. The Balaban J connectivity index is 1.79. The van der Waals surface area contributed by atoms with Crippen LogP contribution in [0, 0.1) is 0 Å². The van der Waals surface area contributed by atoms with Crippen LogP contribution in [0.25, 0.3) is 0 Å². The van der Waals surface area contributed by atoms with Crippen LogP contribution in [0.15, 0.2) is 41.6 Å². The molecule has 0 aliphatic heterocycles. The van der Waals surface area contributed by atoms with Gasteiger partial charge in [-0.15, -0.1) is 0 Å². The molecule has 5 nitrogen and oxygen atoms in total. The first-order valence-electron chi connectivity index (χ1n) is 6.85. The Labute approximate surface area is 131 Å². The van der Waals surface area contributed by atoms with Gasteiger partial charge in [-0.2, -0.15) is 18.3 Å². The van der Waals surface area contributed by atoms with E-state index in [1.54, 1.807) is 7.05 Å². The summed E-state index contributed by atoms with van der Waals surface area (Å²) in [5, 5.41) is 3.78. The van der Waals surface area contributed by atoms with E-state index >= 15 is 0 Å². The number of rotatable bonds is 4. The third-order valence-electron chi connectivity index (χ3n) is 3.75. The minimum atomic E-state index is -4.45. The molecule has 3 rings (SSSR count). The van der Waals surface area contributed by atoms with Crippen molar-refractivity contribution in [3.8, 4) is 0 Å². The van der Waals surface area contributed by atoms with E-state index in [1.165, 1.54) is 35.3 Å². The highest BCUT2D eigenvalue weighted by Gasteiger charge is 2.46. The van der Waals surface area contributed by atoms with Crippen LogP contribution in [0.2, 0.25) is 0 Å². The van der Waals surface area contributed by atoms with Crippen molar-refractivity contribution in [1.82, 2.24) is 14.5 Å². The first-order chi connectivity index (χ1) is 10.7. The number of alkyl halides is 3. The predicted octanol–water partition coefficient (Wildman–Crippen LogP) is 2.27.